The minimum absolute atomic E-state index is 0.313. The second kappa shape index (κ2) is 7.80. The van der Waals surface area contributed by atoms with E-state index in [1.165, 1.54) is 0 Å². The molecule has 0 amide bonds. The number of carbonyl (C=O) groups is 1. The van der Waals surface area contributed by atoms with Crippen molar-refractivity contribution < 1.29 is 9.90 Å². The highest BCUT2D eigenvalue weighted by molar-refractivity contribution is 5.66. The molecule has 0 aromatic heterocycles. The van der Waals surface area contributed by atoms with Crippen LogP contribution in [0.5, 0.6) is 0 Å². The molecule has 0 rings (SSSR count). The van der Waals surface area contributed by atoms with Gasteiger partial charge in [-0.25, -0.2) is 0 Å². The van der Waals surface area contributed by atoms with Gasteiger partial charge in [-0.15, -0.1) is 0 Å². The number of hydrogen-bond donors (Lipinski definition) is 1. The summed E-state index contributed by atoms with van der Waals surface area (Å²) in [5.74, 6) is 0.0274. The van der Waals surface area contributed by atoms with E-state index in [0.717, 1.165) is 32.4 Å². The Morgan fingerprint density at radius 1 is 1.29 bits per heavy atom. The molecule has 84 valence electrons. The van der Waals surface area contributed by atoms with E-state index in [9.17, 15) is 4.79 Å². The van der Waals surface area contributed by atoms with Gasteiger partial charge in [-0.05, 0) is 32.4 Å². The van der Waals surface area contributed by atoms with Gasteiger partial charge in [0.2, 0.25) is 0 Å². The third-order valence-corrected chi connectivity index (χ3v) is 2.11. The zero-order valence-corrected chi connectivity index (χ0v) is 9.62. The van der Waals surface area contributed by atoms with Crippen molar-refractivity contribution in [3.63, 3.8) is 0 Å². The Bertz CT molecular complexity index is 157. The Morgan fingerprint density at radius 3 is 2.43 bits per heavy atom. The van der Waals surface area contributed by atoms with Crippen LogP contribution in [0.25, 0.3) is 0 Å². The van der Waals surface area contributed by atoms with Crippen LogP contribution < -0.4 is 0 Å². The van der Waals surface area contributed by atoms with E-state index in [1.54, 1.807) is 0 Å². The second-order valence-electron chi connectivity index (χ2n) is 4.36. The van der Waals surface area contributed by atoms with Crippen LogP contribution >= 0.6 is 0 Å². The van der Waals surface area contributed by atoms with Gasteiger partial charge >= 0.3 is 5.97 Å². The quantitative estimate of drug-likeness (QED) is 0.612. The summed E-state index contributed by atoms with van der Waals surface area (Å²) in [5.41, 5.74) is 0. The van der Waals surface area contributed by atoms with E-state index in [0.29, 0.717) is 12.3 Å². The molecule has 0 saturated carbocycles. The minimum Gasteiger partial charge on any atom is -0.481 e. The molecule has 0 heterocycles. The molecule has 3 nitrogen and oxygen atoms in total. The van der Waals surface area contributed by atoms with E-state index in [-0.39, 0.29) is 0 Å². The summed E-state index contributed by atoms with van der Waals surface area (Å²) < 4.78 is 0. The molecule has 0 aromatic rings. The molecular formula is C11H23NO2. The standard InChI is InChI=1S/C11H23NO2/c1-10(2)9-12(3)8-6-4-5-7-11(13)14/h10H,4-9H2,1-3H3,(H,13,14). The fourth-order valence-corrected chi connectivity index (χ4v) is 1.55. The first-order valence-electron chi connectivity index (χ1n) is 5.42. The summed E-state index contributed by atoms with van der Waals surface area (Å²) in [7, 11) is 2.12. The van der Waals surface area contributed by atoms with Gasteiger partial charge in [-0.1, -0.05) is 20.3 Å². The highest BCUT2D eigenvalue weighted by Gasteiger charge is 2.01. The molecule has 0 saturated heterocycles. The van der Waals surface area contributed by atoms with Gasteiger partial charge < -0.3 is 10.0 Å². The Morgan fingerprint density at radius 2 is 1.93 bits per heavy atom. The Kier molecular flexibility index (Phi) is 7.48. The first kappa shape index (κ1) is 13.4. The summed E-state index contributed by atoms with van der Waals surface area (Å²) in [6, 6.07) is 0. The van der Waals surface area contributed by atoms with Crippen molar-refractivity contribution >= 4 is 5.97 Å². The molecule has 0 aliphatic carbocycles. The topological polar surface area (TPSA) is 40.5 Å². The summed E-state index contributed by atoms with van der Waals surface area (Å²) >= 11 is 0. The minimum atomic E-state index is -0.680. The molecular weight excluding hydrogens is 178 g/mol. The van der Waals surface area contributed by atoms with Crippen molar-refractivity contribution in [2.24, 2.45) is 5.92 Å². The molecule has 0 fully saturated rings. The van der Waals surface area contributed by atoms with E-state index in [4.69, 9.17) is 5.11 Å². The highest BCUT2D eigenvalue weighted by Crippen LogP contribution is 2.02. The van der Waals surface area contributed by atoms with Gasteiger partial charge in [0, 0.05) is 13.0 Å². The van der Waals surface area contributed by atoms with Crippen LogP contribution in [0.1, 0.15) is 39.5 Å². The van der Waals surface area contributed by atoms with E-state index >= 15 is 0 Å². The maximum atomic E-state index is 10.2. The first-order chi connectivity index (χ1) is 6.52. The fraction of sp³-hybridized carbons (Fsp3) is 0.909. The lowest BCUT2D eigenvalue weighted by atomic mass is 10.1. The van der Waals surface area contributed by atoms with Gasteiger partial charge in [0.1, 0.15) is 0 Å². The van der Waals surface area contributed by atoms with Crippen molar-refractivity contribution in [3.8, 4) is 0 Å². The SMILES string of the molecule is CC(C)CN(C)CCCCCC(=O)O. The molecule has 0 aliphatic heterocycles. The fourth-order valence-electron chi connectivity index (χ4n) is 1.55. The molecule has 3 heteroatoms. The van der Waals surface area contributed by atoms with Crippen molar-refractivity contribution in [1.29, 1.82) is 0 Å². The van der Waals surface area contributed by atoms with Gasteiger partial charge in [-0.3, -0.25) is 4.79 Å². The van der Waals surface area contributed by atoms with Crippen LogP contribution in [0.15, 0.2) is 0 Å². The molecule has 0 unspecified atom stereocenters. The number of hydrogen-bond acceptors (Lipinski definition) is 2. The van der Waals surface area contributed by atoms with Gasteiger partial charge in [0.15, 0.2) is 0 Å². The molecule has 0 aliphatic rings. The summed E-state index contributed by atoms with van der Waals surface area (Å²) in [6.45, 7) is 6.62. The van der Waals surface area contributed by atoms with Gasteiger partial charge in [0.25, 0.3) is 0 Å². The Hall–Kier alpha value is -0.570. The predicted octanol–water partition coefficient (Wildman–Crippen LogP) is 2.22. The number of rotatable bonds is 8. The maximum Gasteiger partial charge on any atom is 0.303 e. The zero-order chi connectivity index (χ0) is 11.0. The van der Waals surface area contributed by atoms with Crippen LogP contribution in [0.2, 0.25) is 0 Å². The molecule has 14 heavy (non-hydrogen) atoms. The normalized spacial score (nSPS) is 11.2. The molecule has 1 N–H and O–H groups in total. The third-order valence-electron chi connectivity index (χ3n) is 2.11. The average molecular weight is 201 g/mol. The van der Waals surface area contributed by atoms with Crippen LogP contribution in [-0.4, -0.2) is 36.1 Å². The highest BCUT2D eigenvalue weighted by atomic mass is 16.4. The number of unbranched alkanes of at least 4 members (excludes halogenated alkanes) is 2. The lowest BCUT2D eigenvalue weighted by Gasteiger charge is -2.18. The van der Waals surface area contributed by atoms with E-state index in [1.807, 2.05) is 0 Å². The molecule has 0 bridgehead atoms. The maximum absolute atomic E-state index is 10.2. The van der Waals surface area contributed by atoms with Crippen LogP contribution in [0, 0.1) is 5.92 Å². The largest absolute Gasteiger partial charge is 0.481 e. The number of carboxylic acids is 1. The number of carboxylic acid groups (broad SMARTS) is 1. The molecule has 0 aromatic carbocycles. The number of nitrogens with zero attached hydrogens (tertiary/aromatic N) is 1. The second-order valence-corrected chi connectivity index (χ2v) is 4.36. The Labute approximate surface area is 87.1 Å². The van der Waals surface area contributed by atoms with E-state index < -0.39 is 5.97 Å². The Balaban J connectivity index is 3.23. The first-order valence-corrected chi connectivity index (χ1v) is 5.42. The molecule has 0 radical (unpaired) electrons. The van der Waals surface area contributed by atoms with Crippen LogP contribution in [0.3, 0.4) is 0 Å². The monoisotopic (exact) mass is 201 g/mol. The van der Waals surface area contributed by atoms with Crippen molar-refractivity contribution in [2.45, 2.75) is 39.5 Å². The summed E-state index contributed by atoms with van der Waals surface area (Å²) in [4.78, 5) is 12.5. The number of aliphatic carboxylic acids is 1. The lowest BCUT2D eigenvalue weighted by molar-refractivity contribution is -0.137. The third kappa shape index (κ3) is 9.52. The molecule has 0 atom stereocenters. The van der Waals surface area contributed by atoms with Crippen molar-refractivity contribution in [1.82, 2.24) is 4.90 Å². The van der Waals surface area contributed by atoms with Gasteiger partial charge in [-0.2, -0.15) is 0 Å². The lowest BCUT2D eigenvalue weighted by Crippen LogP contribution is -2.24. The molecule has 0 spiro atoms. The van der Waals surface area contributed by atoms with Crippen molar-refractivity contribution in [3.05, 3.63) is 0 Å². The zero-order valence-electron chi connectivity index (χ0n) is 9.62. The van der Waals surface area contributed by atoms with Crippen LogP contribution in [0.4, 0.5) is 0 Å². The van der Waals surface area contributed by atoms with Crippen molar-refractivity contribution in [2.75, 3.05) is 20.1 Å². The summed E-state index contributed by atoms with van der Waals surface area (Å²) in [6.07, 6.45) is 3.25. The predicted molar refractivity (Wildman–Crippen MR) is 58.4 cm³/mol. The van der Waals surface area contributed by atoms with Gasteiger partial charge in [0.05, 0.1) is 0 Å². The smallest absolute Gasteiger partial charge is 0.303 e. The average Bonchev–Trinajstić information content (AvgIpc) is 2.01. The summed E-state index contributed by atoms with van der Waals surface area (Å²) in [5, 5.41) is 8.43. The van der Waals surface area contributed by atoms with Crippen LogP contribution in [-0.2, 0) is 4.79 Å². The van der Waals surface area contributed by atoms with E-state index in [2.05, 4.69) is 25.8 Å².